The number of nitrogens with zero attached hydrogens (tertiary/aromatic N) is 1. The number of rotatable bonds is 1. The van der Waals surface area contributed by atoms with E-state index in [4.69, 9.17) is 4.74 Å². The van der Waals surface area contributed by atoms with Crippen molar-refractivity contribution in [2.45, 2.75) is 18.6 Å². The van der Waals surface area contributed by atoms with Crippen LogP contribution < -0.4 is 5.32 Å². The van der Waals surface area contributed by atoms with E-state index >= 15 is 0 Å². The first-order valence-electron chi connectivity index (χ1n) is 5.78. The van der Waals surface area contributed by atoms with Gasteiger partial charge in [0.05, 0.1) is 6.54 Å². The standard InChI is InChI=1S/C12H10F2N2O3/c13-7-2-1-3-8(14)10(7)15-12(18)16-5-6-4-9(16)11(17)19-6/h1-3,6,9H,4-5H2,(H,15,18)/t6-,9+/m1/s1. The molecular formula is C12H10F2N2O3. The molecule has 0 unspecified atom stereocenters. The predicted octanol–water partition coefficient (Wildman–Crippen LogP) is 1.50. The first-order valence-corrected chi connectivity index (χ1v) is 5.78. The van der Waals surface area contributed by atoms with Crippen molar-refractivity contribution in [3.05, 3.63) is 29.8 Å². The molecule has 0 aromatic heterocycles. The minimum absolute atomic E-state index is 0.248. The monoisotopic (exact) mass is 268 g/mol. The highest BCUT2D eigenvalue weighted by Gasteiger charge is 2.48. The number of anilines is 1. The number of amides is 2. The number of urea groups is 1. The lowest BCUT2D eigenvalue weighted by Crippen LogP contribution is -2.46. The van der Waals surface area contributed by atoms with E-state index in [0.29, 0.717) is 6.42 Å². The van der Waals surface area contributed by atoms with Gasteiger partial charge in [-0.15, -0.1) is 0 Å². The predicted molar refractivity (Wildman–Crippen MR) is 60.4 cm³/mol. The van der Waals surface area contributed by atoms with Crippen molar-refractivity contribution in [2.24, 2.45) is 0 Å². The molecule has 100 valence electrons. The molecule has 2 heterocycles. The Labute approximate surface area is 107 Å². The molecule has 1 aromatic carbocycles. The Morgan fingerprint density at radius 2 is 2.05 bits per heavy atom. The number of nitrogens with one attached hydrogen (secondary N) is 1. The summed E-state index contributed by atoms with van der Waals surface area (Å²) in [5.74, 6) is -2.19. The first kappa shape index (κ1) is 11.9. The average Bonchev–Trinajstić information content (AvgIpc) is 2.92. The molecule has 2 atom stereocenters. The number of hydrogen-bond donors (Lipinski definition) is 1. The molecule has 2 aliphatic rings. The Hall–Kier alpha value is -2.18. The van der Waals surface area contributed by atoms with Crippen molar-refractivity contribution < 1.29 is 23.1 Å². The normalized spacial score (nSPS) is 24.5. The van der Waals surface area contributed by atoms with Crippen LogP contribution in [0.1, 0.15) is 6.42 Å². The number of morpholine rings is 1. The maximum atomic E-state index is 13.4. The number of esters is 1. The first-order chi connectivity index (χ1) is 9.06. The number of halogens is 2. The SMILES string of the molecule is O=C1O[C@@H]2C[C@@H]1N(C(=O)Nc1c(F)cccc1F)C2. The quantitative estimate of drug-likeness (QED) is 0.785. The third kappa shape index (κ3) is 1.91. The van der Waals surface area contributed by atoms with E-state index < -0.39 is 35.4 Å². The molecule has 2 aliphatic heterocycles. The highest BCUT2D eigenvalue weighted by atomic mass is 19.1. The van der Waals surface area contributed by atoms with Gasteiger partial charge >= 0.3 is 12.0 Å². The van der Waals surface area contributed by atoms with E-state index in [1.807, 2.05) is 0 Å². The Balaban J connectivity index is 1.78. The summed E-state index contributed by atoms with van der Waals surface area (Å²) in [6, 6.07) is 1.94. The minimum Gasteiger partial charge on any atom is -0.459 e. The number of carbonyl (C=O) groups is 2. The maximum Gasteiger partial charge on any atom is 0.329 e. The Morgan fingerprint density at radius 1 is 1.37 bits per heavy atom. The van der Waals surface area contributed by atoms with Crippen LogP contribution in [0.5, 0.6) is 0 Å². The number of carbonyl (C=O) groups excluding carboxylic acids is 2. The van der Waals surface area contributed by atoms with Gasteiger partial charge in [0.25, 0.3) is 0 Å². The van der Waals surface area contributed by atoms with Crippen LogP contribution >= 0.6 is 0 Å². The lowest BCUT2D eigenvalue weighted by atomic mass is 10.2. The second kappa shape index (κ2) is 4.18. The van der Waals surface area contributed by atoms with Crippen LogP contribution in [0.2, 0.25) is 0 Å². The zero-order chi connectivity index (χ0) is 13.6. The molecule has 3 rings (SSSR count). The van der Waals surface area contributed by atoms with E-state index in [9.17, 15) is 18.4 Å². The van der Waals surface area contributed by atoms with E-state index in [-0.39, 0.29) is 12.6 Å². The van der Waals surface area contributed by atoms with E-state index in [1.54, 1.807) is 0 Å². The number of ether oxygens (including phenoxy) is 1. The summed E-state index contributed by atoms with van der Waals surface area (Å²) in [5.41, 5.74) is -0.511. The topological polar surface area (TPSA) is 58.6 Å². The van der Waals surface area contributed by atoms with Crippen molar-refractivity contribution >= 4 is 17.7 Å². The maximum absolute atomic E-state index is 13.4. The molecular weight excluding hydrogens is 258 g/mol. The second-order valence-corrected chi connectivity index (χ2v) is 4.49. The zero-order valence-corrected chi connectivity index (χ0v) is 9.73. The van der Waals surface area contributed by atoms with Gasteiger partial charge in [-0.05, 0) is 12.1 Å². The third-order valence-electron chi connectivity index (χ3n) is 3.27. The fourth-order valence-electron chi connectivity index (χ4n) is 2.37. The highest BCUT2D eigenvalue weighted by Crippen LogP contribution is 2.30. The average molecular weight is 268 g/mol. The second-order valence-electron chi connectivity index (χ2n) is 4.49. The van der Waals surface area contributed by atoms with Gasteiger partial charge in [-0.3, -0.25) is 0 Å². The molecule has 0 saturated carbocycles. The molecule has 1 aromatic rings. The molecule has 19 heavy (non-hydrogen) atoms. The molecule has 2 bridgehead atoms. The van der Waals surface area contributed by atoms with Crippen molar-refractivity contribution in [1.29, 1.82) is 0 Å². The summed E-state index contributed by atoms with van der Waals surface area (Å²) in [5, 5.41) is 2.16. The van der Waals surface area contributed by atoms with Crippen LogP contribution in [0.15, 0.2) is 18.2 Å². The minimum atomic E-state index is -0.861. The Kier molecular flexibility index (Phi) is 2.62. The molecule has 0 aliphatic carbocycles. The molecule has 1 N–H and O–H groups in total. The summed E-state index contributed by atoms with van der Waals surface area (Å²) in [7, 11) is 0. The largest absolute Gasteiger partial charge is 0.459 e. The smallest absolute Gasteiger partial charge is 0.329 e. The van der Waals surface area contributed by atoms with Crippen molar-refractivity contribution in [3.8, 4) is 0 Å². The third-order valence-corrected chi connectivity index (χ3v) is 3.27. The van der Waals surface area contributed by atoms with Gasteiger partial charge in [0.2, 0.25) is 0 Å². The molecule has 5 nitrogen and oxygen atoms in total. The van der Waals surface area contributed by atoms with Crippen LogP contribution in [-0.2, 0) is 9.53 Å². The summed E-state index contributed by atoms with van der Waals surface area (Å²) >= 11 is 0. The van der Waals surface area contributed by atoms with E-state index in [0.717, 1.165) is 12.1 Å². The number of likely N-dealkylation sites (tertiary alicyclic amines) is 1. The number of para-hydroxylation sites is 1. The van der Waals surface area contributed by atoms with Gasteiger partial charge in [-0.2, -0.15) is 0 Å². The van der Waals surface area contributed by atoms with Crippen molar-refractivity contribution in [1.82, 2.24) is 4.90 Å². The summed E-state index contributed by atoms with van der Waals surface area (Å²) in [4.78, 5) is 24.5. The lowest BCUT2D eigenvalue weighted by Gasteiger charge is -2.25. The lowest BCUT2D eigenvalue weighted by molar-refractivity contribution is -0.149. The fraction of sp³-hybridized carbons (Fsp3) is 0.333. The summed E-state index contributed by atoms with van der Waals surface area (Å²) < 4.78 is 31.7. The van der Waals surface area contributed by atoms with E-state index in [2.05, 4.69) is 5.32 Å². The van der Waals surface area contributed by atoms with Gasteiger partial charge in [0.15, 0.2) is 0 Å². The van der Waals surface area contributed by atoms with Crippen LogP contribution in [-0.4, -0.2) is 35.6 Å². The van der Waals surface area contributed by atoms with Crippen molar-refractivity contribution in [2.75, 3.05) is 11.9 Å². The Morgan fingerprint density at radius 3 is 2.63 bits per heavy atom. The van der Waals surface area contributed by atoms with Gasteiger partial charge in [-0.25, -0.2) is 18.4 Å². The van der Waals surface area contributed by atoms with Crippen LogP contribution in [0.4, 0.5) is 19.3 Å². The number of benzene rings is 1. The Bertz CT molecular complexity index is 544. The molecule has 2 amide bonds. The fourth-order valence-corrected chi connectivity index (χ4v) is 2.37. The molecule has 2 saturated heterocycles. The van der Waals surface area contributed by atoms with E-state index in [1.165, 1.54) is 11.0 Å². The summed E-state index contributed by atoms with van der Waals surface area (Å²) in [6.45, 7) is 0.248. The molecule has 2 fully saturated rings. The number of fused-ring (bicyclic) bond motifs is 2. The number of hydrogen-bond acceptors (Lipinski definition) is 3. The van der Waals surface area contributed by atoms with Gasteiger partial charge in [0, 0.05) is 6.42 Å². The summed E-state index contributed by atoms with van der Waals surface area (Å²) in [6.07, 6.45) is 0.125. The van der Waals surface area contributed by atoms with Gasteiger partial charge in [0.1, 0.15) is 29.5 Å². The van der Waals surface area contributed by atoms with Gasteiger partial charge in [-0.1, -0.05) is 6.07 Å². The highest BCUT2D eigenvalue weighted by molar-refractivity contribution is 5.94. The van der Waals surface area contributed by atoms with Crippen LogP contribution in [0.3, 0.4) is 0 Å². The molecule has 0 spiro atoms. The zero-order valence-electron chi connectivity index (χ0n) is 9.73. The van der Waals surface area contributed by atoms with Crippen molar-refractivity contribution in [3.63, 3.8) is 0 Å². The molecule has 0 radical (unpaired) electrons. The van der Waals surface area contributed by atoms with Gasteiger partial charge < -0.3 is 15.0 Å². The molecule has 7 heteroatoms. The van der Waals surface area contributed by atoms with Crippen LogP contribution in [0, 0.1) is 11.6 Å². The van der Waals surface area contributed by atoms with Crippen LogP contribution in [0.25, 0.3) is 0 Å².